The van der Waals surface area contributed by atoms with E-state index < -0.39 is 29.4 Å². The lowest BCUT2D eigenvalue weighted by Gasteiger charge is -2.29. The number of carbonyl (C=O) groups is 2. The molecule has 2 aliphatic heterocycles. The standard InChI is InChI=1S/C11H14O7/c1-10(14)5-6(9(13)16-3)11(18-10)7(15-2)4-8(12)17-11/h4,6,14H,5H2,1-3H3. The highest BCUT2D eigenvalue weighted by Crippen LogP contribution is 2.49. The Morgan fingerprint density at radius 3 is 2.78 bits per heavy atom. The molecule has 2 aliphatic rings. The fourth-order valence-corrected chi connectivity index (χ4v) is 2.29. The Labute approximate surface area is 103 Å². The van der Waals surface area contributed by atoms with E-state index in [0.717, 1.165) is 6.08 Å². The van der Waals surface area contributed by atoms with Gasteiger partial charge in [-0.05, 0) is 6.92 Å². The van der Waals surface area contributed by atoms with Crippen LogP contribution in [0.15, 0.2) is 11.8 Å². The fourth-order valence-electron chi connectivity index (χ4n) is 2.29. The van der Waals surface area contributed by atoms with Crippen molar-refractivity contribution in [2.45, 2.75) is 24.9 Å². The molecule has 1 saturated heterocycles. The average molecular weight is 258 g/mol. The van der Waals surface area contributed by atoms with Crippen molar-refractivity contribution >= 4 is 11.9 Å². The first kappa shape index (κ1) is 12.8. The zero-order valence-electron chi connectivity index (χ0n) is 10.3. The largest absolute Gasteiger partial charge is 0.494 e. The predicted octanol–water partition coefficient (Wildman–Crippen LogP) is -0.312. The van der Waals surface area contributed by atoms with E-state index in [1.54, 1.807) is 0 Å². The second-order valence-corrected chi connectivity index (χ2v) is 4.36. The van der Waals surface area contributed by atoms with Gasteiger partial charge in [-0.1, -0.05) is 0 Å². The summed E-state index contributed by atoms with van der Waals surface area (Å²) in [7, 11) is 2.52. The molecule has 3 atom stereocenters. The van der Waals surface area contributed by atoms with E-state index in [0.29, 0.717) is 0 Å². The van der Waals surface area contributed by atoms with Crippen LogP contribution in [-0.2, 0) is 28.5 Å². The summed E-state index contributed by atoms with van der Waals surface area (Å²) in [5.74, 6) is -5.62. The van der Waals surface area contributed by atoms with Gasteiger partial charge in [0.25, 0.3) is 5.79 Å². The Bertz CT molecular complexity index is 425. The number of aliphatic hydroxyl groups is 1. The van der Waals surface area contributed by atoms with Gasteiger partial charge in [0.05, 0.1) is 20.3 Å². The average Bonchev–Trinajstić information content (AvgIpc) is 2.74. The molecular formula is C11H14O7. The summed E-state index contributed by atoms with van der Waals surface area (Å²) in [6.45, 7) is 1.37. The topological polar surface area (TPSA) is 91.3 Å². The summed E-state index contributed by atoms with van der Waals surface area (Å²) >= 11 is 0. The molecule has 0 aliphatic carbocycles. The van der Waals surface area contributed by atoms with E-state index in [1.807, 2.05) is 0 Å². The van der Waals surface area contributed by atoms with Crippen molar-refractivity contribution in [1.29, 1.82) is 0 Å². The minimum Gasteiger partial charge on any atom is -0.494 e. The summed E-state index contributed by atoms with van der Waals surface area (Å²) in [6.07, 6.45) is 1.02. The highest BCUT2D eigenvalue weighted by atomic mass is 16.8. The Morgan fingerprint density at radius 1 is 1.56 bits per heavy atom. The van der Waals surface area contributed by atoms with E-state index in [4.69, 9.17) is 14.2 Å². The van der Waals surface area contributed by atoms with Crippen molar-refractivity contribution in [2.24, 2.45) is 5.92 Å². The van der Waals surface area contributed by atoms with Crippen LogP contribution < -0.4 is 0 Å². The summed E-state index contributed by atoms with van der Waals surface area (Å²) in [5.41, 5.74) is 0. The van der Waals surface area contributed by atoms with Crippen LogP contribution in [0, 0.1) is 5.92 Å². The third kappa shape index (κ3) is 1.75. The molecule has 18 heavy (non-hydrogen) atoms. The molecule has 2 rings (SSSR count). The van der Waals surface area contributed by atoms with Gasteiger partial charge < -0.3 is 24.1 Å². The van der Waals surface area contributed by atoms with Crippen molar-refractivity contribution in [1.82, 2.24) is 0 Å². The summed E-state index contributed by atoms with van der Waals surface area (Å²) in [6, 6.07) is 0. The first-order chi connectivity index (χ1) is 8.34. The van der Waals surface area contributed by atoms with Gasteiger partial charge in [0.15, 0.2) is 11.5 Å². The molecule has 3 unspecified atom stereocenters. The van der Waals surface area contributed by atoms with Crippen molar-refractivity contribution in [3.05, 3.63) is 11.8 Å². The Balaban J connectivity index is 2.43. The first-order valence-electron chi connectivity index (χ1n) is 5.34. The second kappa shape index (κ2) is 3.96. The summed E-state index contributed by atoms with van der Waals surface area (Å²) in [4.78, 5) is 23.1. The van der Waals surface area contributed by atoms with Gasteiger partial charge in [0.2, 0.25) is 0 Å². The van der Waals surface area contributed by atoms with Crippen LogP contribution in [0.2, 0.25) is 0 Å². The second-order valence-electron chi connectivity index (χ2n) is 4.36. The molecule has 0 bridgehead atoms. The van der Waals surface area contributed by atoms with Crippen LogP contribution >= 0.6 is 0 Å². The van der Waals surface area contributed by atoms with Gasteiger partial charge in [0, 0.05) is 6.42 Å². The number of rotatable bonds is 2. The third-order valence-electron chi connectivity index (χ3n) is 2.96. The molecule has 7 heteroatoms. The van der Waals surface area contributed by atoms with Crippen molar-refractivity contribution in [3.63, 3.8) is 0 Å². The third-order valence-corrected chi connectivity index (χ3v) is 2.96. The highest BCUT2D eigenvalue weighted by Gasteiger charge is 2.65. The van der Waals surface area contributed by atoms with E-state index in [-0.39, 0.29) is 12.2 Å². The fraction of sp³-hybridized carbons (Fsp3) is 0.636. The first-order valence-corrected chi connectivity index (χ1v) is 5.34. The van der Waals surface area contributed by atoms with Gasteiger partial charge >= 0.3 is 11.9 Å². The lowest BCUT2D eigenvalue weighted by Crippen LogP contribution is -2.43. The van der Waals surface area contributed by atoms with Crippen LogP contribution in [0.4, 0.5) is 0 Å². The normalized spacial score (nSPS) is 38.6. The Hall–Kier alpha value is -1.60. The Kier molecular flexibility index (Phi) is 2.83. The van der Waals surface area contributed by atoms with E-state index in [2.05, 4.69) is 4.74 Å². The smallest absolute Gasteiger partial charge is 0.337 e. The van der Waals surface area contributed by atoms with Gasteiger partial charge in [-0.15, -0.1) is 0 Å². The molecule has 0 radical (unpaired) electrons. The molecule has 0 saturated carbocycles. The minimum atomic E-state index is -1.73. The molecule has 0 aromatic rings. The maximum Gasteiger partial charge on any atom is 0.337 e. The van der Waals surface area contributed by atoms with Crippen LogP contribution in [0.1, 0.15) is 13.3 Å². The molecule has 2 heterocycles. The zero-order chi connectivity index (χ0) is 13.6. The molecule has 1 spiro atoms. The monoisotopic (exact) mass is 258 g/mol. The molecule has 7 nitrogen and oxygen atoms in total. The number of carbonyl (C=O) groups excluding carboxylic acids is 2. The number of ether oxygens (including phenoxy) is 4. The number of hydrogen-bond acceptors (Lipinski definition) is 7. The van der Waals surface area contributed by atoms with Crippen LogP contribution in [0.5, 0.6) is 0 Å². The van der Waals surface area contributed by atoms with Crippen molar-refractivity contribution in [3.8, 4) is 0 Å². The number of methoxy groups -OCH3 is 2. The maximum absolute atomic E-state index is 11.7. The van der Waals surface area contributed by atoms with E-state index >= 15 is 0 Å². The molecule has 1 N–H and O–H groups in total. The molecule has 1 fully saturated rings. The number of esters is 2. The lowest BCUT2D eigenvalue weighted by atomic mass is 9.94. The maximum atomic E-state index is 11.7. The molecule has 0 amide bonds. The lowest BCUT2D eigenvalue weighted by molar-refractivity contribution is -0.282. The summed E-state index contributed by atoms with van der Waals surface area (Å²) < 4.78 is 20.0. The number of hydrogen-bond donors (Lipinski definition) is 1. The summed E-state index contributed by atoms with van der Waals surface area (Å²) in [5, 5.41) is 9.93. The molecule has 100 valence electrons. The van der Waals surface area contributed by atoms with Crippen LogP contribution in [0.25, 0.3) is 0 Å². The van der Waals surface area contributed by atoms with Gasteiger partial charge in [-0.2, -0.15) is 0 Å². The highest BCUT2D eigenvalue weighted by molar-refractivity contribution is 5.87. The van der Waals surface area contributed by atoms with Gasteiger partial charge in [-0.25, -0.2) is 4.79 Å². The van der Waals surface area contributed by atoms with Gasteiger partial charge in [0.1, 0.15) is 5.92 Å². The quantitative estimate of drug-likeness (QED) is 0.679. The molecule has 0 aromatic carbocycles. The molecule has 0 aromatic heterocycles. The van der Waals surface area contributed by atoms with Crippen molar-refractivity contribution < 1.29 is 33.6 Å². The van der Waals surface area contributed by atoms with Crippen molar-refractivity contribution in [2.75, 3.05) is 14.2 Å². The van der Waals surface area contributed by atoms with E-state index in [9.17, 15) is 14.7 Å². The van der Waals surface area contributed by atoms with E-state index in [1.165, 1.54) is 21.1 Å². The SMILES string of the molecule is COC(=O)C1CC(C)(O)OC12OC(=O)C=C2OC. The predicted molar refractivity (Wildman–Crippen MR) is 55.7 cm³/mol. The zero-order valence-corrected chi connectivity index (χ0v) is 10.3. The van der Waals surface area contributed by atoms with Gasteiger partial charge in [-0.3, -0.25) is 4.79 Å². The van der Waals surface area contributed by atoms with Crippen LogP contribution in [0.3, 0.4) is 0 Å². The Morgan fingerprint density at radius 2 is 2.22 bits per heavy atom. The minimum absolute atomic E-state index is 0.0423. The van der Waals surface area contributed by atoms with Crippen LogP contribution in [-0.4, -0.2) is 42.8 Å². The molecular weight excluding hydrogens is 244 g/mol.